The van der Waals surface area contributed by atoms with Crippen molar-refractivity contribution in [2.75, 3.05) is 0 Å². The first-order valence-electron chi connectivity index (χ1n) is 4.62. The highest BCUT2D eigenvalue weighted by molar-refractivity contribution is 14.1. The Kier molecular flexibility index (Phi) is 2.53. The fourth-order valence-corrected chi connectivity index (χ4v) is 3.14. The van der Waals surface area contributed by atoms with E-state index in [0.717, 1.165) is 25.5 Å². The predicted octanol–water partition coefficient (Wildman–Crippen LogP) is 5.50. The van der Waals surface area contributed by atoms with Crippen LogP contribution in [-0.2, 0) is 0 Å². The second kappa shape index (κ2) is 3.79. The van der Waals surface area contributed by atoms with Crippen LogP contribution in [0.2, 0.25) is 10.0 Å². The number of fused-ring (bicyclic) bond motifs is 3. The predicted molar refractivity (Wildman–Crippen MR) is 76.5 cm³/mol. The highest BCUT2D eigenvalue weighted by Gasteiger charge is 2.13. The van der Waals surface area contributed by atoms with Gasteiger partial charge in [-0.1, -0.05) is 29.3 Å². The van der Waals surface area contributed by atoms with Gasteiger partial charge in [-0.3, -0.25) is 0 Å². The maximum Gasteiger partial charge on any atom is 0.138 e. The number of furan rings is 1. The molecule has 0 aliphatic rings. The Labute approximate surface area is 115 Å². The zero-order valence-electron chi connectivity index (χ0n) is 7.93. The van der Waals surface area contributed by atoms with Crippen molar-refractivity contribution in [2.45, 2.75) is 0 Å². The third-order valence-electron chi connectivity index (χ3n) is 2.46. The molecule has 0 aliphatic carbocycles. The van der Waals surface area contributed by atoms with Gasteiger partial charge in [-0.15, -0.1) is 0 Å². The molecule has 3 aromatic rings. The van der Waals surface area contributed by atoms with Crippen LogP contribution in [0.3, 0.4) is 0 Å². The van der Waals surface area contributed by atoms with E-state index in [1.54, 1.807) is 12.1 Å². The molecule has 1 nitrogen and oxygen atoms in total. The summed E-state index contributed by atoms with van der Waals surface area (Å²) >= 11 is 14.4. The molecule has 0 radical (unpaired) electrons. The molecule has 0 fully saturated rings. The van der Waals surface area contributed by atoms with Gasteiger partial charge in [0.1, 0.15) is 11.2 Å². The number of benzene rings is 2. The summed E-state index contributed by atoms with van der Waals surface area (Å²) in [4.78, 5) is 0. The topological polar surface area (TPSA) is 13.1 Å². The van der Waals surface area contributed by atoms with Gasteiger partial charge < -0.3 is 4.42 Å². The monoisotopic (exact) mass is 362 g/mol. The maximum absolute atomic E-state index is 6.21. The van der Waals surface area contributed by atoms with E-state index in [4.69, 9.17) is 27.6 Å². The Morgan fingerprint density at radius 3 is 2.62 bits per heavy atom. The van der Waals surface area contributed by atoms with Crippen molar-refractivity contribution in [3.63, 3.8) is 0 Å². The summed E-state index contributed by atoms with van der Waals surface area (Å²) in [6.45, 7) is 0. The fraction of sp³-hybridized carbons (Fsp3) is 0. The highest BCUT2D eigenvalue weighted by atomic mass is 127. The molecule has 0 spiro atoms. The van der Waals surface area contributed by atoms with E-state index in [2.05, 4.69) is 22.6 Å². The van der Waals surface area contributed by atoms with Crippen molar-refractivity contribution in [1.29, 1.82) is 0 Å². The van der Waals surface area contributed by atoms with Gasteiger partial charge in [-0.2, -0.15) is 0 Å². The van der Waals surface area contributed by atoms with Crippen LogP contribution >= 0.6 is 45.8 Å². The molecular weight excluding hydrogens is 358 g/mol. The first-order valence-corrected chi connectivity index (χ1v) is 6.46. The van der Waals surface area contributed by atoms with Gasteiger partial charge in [0.15, 0.2) is 0 Å². The SMILES string of the molecule is Clc1cc(Cl)c2c(c1)oc1cccc(I)c12. The zero-order valence-corrected chi connectivity index (χ0v) is 11.6. The van der Waals surface area contributed by atoms with Crippen LogP contribution in [0.25, 0.3) is 21.9 Å². The molecular formula is C12H5Cl2IO. The van der Waals surface area contributed by atoms with Gasteiger partial charge in [-0.25, -0.2) is 0 Å². The molecule has 3 rings (SSSR count). The number of hydrogen-bond donors (Lipinski definition) is 0. The highest BCUT2D eigenvalue weighted by Crippen LogP contribution is 2.38. The first-order chi connectivity index (χ1) is 7.66. The minimum absolute atomic E-state index is 0.589. The lowest BCUT2D eigenvalue weighted by atomic mass is 10.1. The average molecular weight is 363 g/mol. The summed E-state index contributed by atoms with van der Waals surface area (Å²) in [5, 5.41) is 3.21. The van der Waals surface area contributed by atoms with E-state index in [1.165, 1.54) is 0 Å². The fourth-order valence-electron chi connectivity index (χ4n) is 1.82. The quantitative estimate of drug-likeness (QED) is 0.481. The molecule has 2 aromatic carbocycles. The van der Waals surface area contributed by atoms with Gasteiger partial charge in [0.05, 0.1) is 5.02 Å². The van der Waals surface area contributed by atoms with Crippen LogP contribution in [0, 0.1) is 3.57 Å². The smallest absolute Gasteiger partial charge is 0.138 e. The molecule has 1 heterocycles. The molecule has 1 aromatic heterocycles. The Morgan fingerprint density at radius 1 is 1.00 bits per heavy atom. The van der Waals surface area contributed by atoms with E-state index in [1.807, 2.05) is 18.2 Å². The molecule has 0 aliphatic heterocycles. The van der Waals surface area contributed by atoms with Gasteiger partial charge in [0.25, 0.3) is 0 Å². The molecule has 0 unspecified atom stereocenters. The summed E-state index contributed by atoms with van der Waals surface area (Å²) in [5.41, 5.74) is 1.57. The van der Waals surface area contributed by atoms with Crippen molar-refractivity contribution < 1.29 is 4.42 Å². The van der Waals surface area contributed by atoms with Crippen LogP contribution in [0.5, 0.6) is 0 Å². The van der Waals surface area contributed by atoms with E-state index < -0.39 is 0 Å². The van der Waals surface area contributed by atoms with Crippen LogP contribution in [-0.4, -0.2) is 0 Å². The third-order valence-corrected chi connectivity index (χ3v) is 3.88. The van der Waals surface area contributed by atoms with Crippen molar-refractivity contribution in [1.82, 2.24) is 0 Å². The second-order valence-electron chi connectivity index (χ2n) is 3.48. The lowest BCUT2D eigenvalue weighted by Gasteiger charge is -1.96. The zero-order chi connectivity index (χ0) is 11.3. The molecule has 0 saturated carbocycles. The summed E-state index contributed by atoms with van der Waals surface area (Å²) in [6, 6.07) is 9.45. The number of hydrogen-bond acceptors (Lipinski definition) is 1. The second-order valence-corrected chi connectivity index (χ2v) is 5.48. The molecule has 0 amide bonds. The lowest BCUT2D eigenvalue weighted by Crippen LogP contribution is -1.74. The summed E-state index contributed by atoms with van der Waals surface area (Å²) in [7, 11) is 0. The van der Waals surface area contributed by atoms with E-state index >= 15 is 0 Å². The molecule has 0 saturated heterocycles. The Balaban J connectivity index is 2.63. The minimum Gasteiger partial charge on any atom is -0.456 e. The molecule has 0 bridgehead atoms. The molecule has 0 N–H and O–H groups in total. The van der Waals surface area contributed by atoms with Crippen LogP contribution < -0.4 is 0 Å². The van der Waals surface area contributed by atoms with Crippen molar-refractivity contribution >= 4 is 67.7 Å². The maximum atomic E-state index is 6.21. The molecule has 0 atom stereocenters. The normalized spacial score (nSPS) is 11.4. The molecule has 4 heteroatoms. The summed E-state index contributed by atoms with van der Waals surface area (Å²) in [6.07, 6.45) is 0. The van der Waals surface area contributed by atoms with Crippen LogP contribution in [0.4, 0.5) is 0 Å². The summed E-state index contributed by atoms with van der Waals surface area (Å²) in [5.74, 6) is 0. The lowest BCUT2D eigenvalue weighted by molar-refractivity contribution is 0.669. The Bertz CT molecular complexity index is 703. The molecule has 80 valence electrons. The Hall–Kier alpha value is -0.450. The van der Waals surface area contributed by atoms with Gasteiger partial charge in [0, 0.05) is 25.4 Å². The Morgan fingerprint density at radius 2 is 1.81 bits per heavy atom. The minimum atomic E-state index is 0.589. The van der Waals surface area contributed by atoms with Crippen LogP contribution in [0.15, 0.2) is 34.7 Å². The third kappa shape index (κ3) is 1.51. The molecule has 16 heavy (non-hydrogen) atoms. The van der Waals surface area contributed by atoms with E-state index in [-0.39, 0.29) is 0 Å². The number of halogens is 3. The van der Waals surface area contributed by atoms with Crippen molar-refractivity contribution in [2.24, 2.45) is 0 Å². The average Bonchev–Trinajstić information content (AvgIpc) is 2.56. The van der Waals surface area contributed by atoms with Crippen LogP contribution in [0.1, 0.15) is 0 Å². The standard InChI is InChI=1S/C12H5Cl2IO/c13-6-4-7(14)11-10(5-6)16-9-3-1-2-8(15)12(9)11/h1-5H. The largest absolute Gasteiger partial charge is 0.456 e. The van der Waals surface area contributed by atoms with Gasteiger partial charge >= 0.3 is 0 Å². The van der Waals surface area contributed by atoms with Gasteiger partial charge in [0.2, 0.25) is 0 Å². The van der Waals surface area contributed by atoms with E-state index in [0.29, 0.717) is 10.0 Å². The van der Waals surface area contributed by atoms with Crippen molar-refractivity contribution in [3.8, 4) is 0 Å². The van der Waals surface area contributed by atoms with E-state index in [9.17, 15) is 0 Å². The van der Waals surface area contributed by atoms with Gasteiger partial charge in [-0.05, 0) is 40.8 Å². The van der Waals surface area contributed by atoms with Crippen molar-refractivity contribution in [3.05, 3.63) is 43.9 Å². The first kappa shape index (κ1) is 10.7. The summed E-state index contributed by atoms with van der Waals surface area (Å²) < 4.78 is 6.84. The number of rotatable bonds is 0.